The fraction of sp³-hybridized carbons (Fsp3) is 0.207. The van der Waals surface area contributed by atoms with Gasteiger partial charge in [-0.15, -0.1) is 0 Å². The number of pyridine rings is 3. The van der Waals surface area contributed by atoms with Crippen LogP contribution < -0.4 is 4.74 Å². The monoisotopic (exact) mass is 520 g/mol. The van der Waals surface area contributed by atoms with Crippen LogP contribution in [-0.2, 0) is 0 Å². The second kappa shape index (κ2) is 9.88. The first-order valence-corrected chi connectivity index (χ1v) is 13.0. The van der Waals surface area contributed by atoms with Crippen molar-refractivity contribution in [3.05, 3.63) is 73.1 Å². The molecule has 194 valence electrons. The van der Waals surface area contributed by atoms with Crippen LogP contribution in [0.2, 0.25) is 0 Å². The number of fused-ring (bicyclic) bond motifs is 2. The molecule has 0 saturated carbocycles. The van der Waals surface area contributed by atoms with Crippen LogP contribution in [0.15, 0.2) is 67.3 Å². The van der Waals surface area contributed by atoms with E-state index in [1.807, 2.05) is 30.3 Å². The smallest absolute Gasteiger partial charge is 0.159 e. The Labute approximate surface area is 223 Å². The van der Waals surface area contributed by atoms with Crippen LogP contribution in [0.4, 0.5) is 4.39 Å². The van der Waals surface area contributed by atoms with E-state index in [0.29, 0.717) is 40.6 Å². The number of benzene rings is 1. The lowest BCUT2D eigenvalue weighted by Gasteiger charge is -2.15. The first-order valence-electron chi connectivity index (χ1n) is 13.0. The van der Waals surface area contributed by atoms with Crippen molar-refractivity contribution in [2.45, 2.75) is 12.8 Å². The van der Waals surface area contributed by atoms with Crippen molar-refractivity contribution in [3.63, 3.8) is 0 Å². The highest BCUT2D eigenvalue weighted by Gasteiger charge is 2.18. The quantitative estimate of drug-likeness (QED) is 0.296. The molecule has 2 N–H and O–H groups in total. The normalized spacial score (nSPS) is 14.0. The number of imidazole rings is 1. The van der Waals surface area contributed by atoms with Gasteiger partial charge in [-0.25, -0.2) is 9.37 Å². The van der Waals surface area contributed by atoms with E-state index in [-0.39, 0.29) is 5.82 Å². The lowest BCUT2D eigenvalue weighted by molar-refractivity contribution is 0.237. The van der Waals surface area contributed by atoms with Gasteiger partial charge in [0.05, 0.1) is 28.6 Å². The maximum atomic E-state index is 14.7. The summed E-state index contributed by atoms with van der Waals surface area (Å²) in [6.45, 7) is 3.53. The number of likely N-dealkylation sites (tertiary alicyclic amines) is 1. The van der Waals surface area contributed by atoms with Gasteiger partial charge in [0.1, 0.15) is 29.4 Å². The van der Waals surface area contributed by atoms with Crippen LogP contribution >= 0.6 is 0 Å². The first-order chi connectivity index (χ1) is 19.2. The maximum Gasteiger partial charge on any atom is 0.159 e. The van der Waals surface area contributed by atoms with Gasteiger partial charge in [0.15, 0.2) is 5.82 Å². The number of halogens is 1. The van der Waals surface area contributed by atoms with E-state index in [4.69, 9.17) is 9.72 Å². The standard InChI is InChI=1S/C29H25FN8O/c30-20-12-19(13-21(14-20)39-11-10-38-8-1-2-9-38)26-28-23(5-7-32-26)34-29(35-28)27-22-15-24(18-4-3-6-31-16-18)33-17-25(22)36-37-27/h3-7,12-17H,1-2,8-11H2,(H,34,35)(H,36,37). The predicted octanol–water partition coefficient (Wildman–Crippen LogP) is 5.24. The molecule has 5 aromatic heterocycles. The number of rotatable bonds is 7. The van der Waals surface area contributed by atoms with E-state index in [1.165, 1.54) is 25.0 Å². The Morgan fingerprint density at radius 1 is 0.923 bits per heavy atom. The summed E-state index contributed by atoms with van der Waals surface area (Å²) >= 11 is 0. The third-order valence-electron chi connectivity index (χ3n) is 7.05. The first kappa shape index (κ1) is 23.4. The number of aromatic nitrogens is 7. The van der Waals surface area contributed by atoms with E-state index < -0.39 is 0 Å². The van der Waals surface area contributed by atoms with Gasteiger partial charge in [-0.1, -0.05) is 0 Å². The van der Waals surface area contributed by atoms with Gasteiger partial charge in [0.25, 0.3) is 0 Å². The summed E-state index contributed by atoms with van der Waals surface area (Å²) in [6.07, 6.45) is 9.39. The van der Waals surface area contributed by atoms with Crippen LogP contribution in [0.25, 0.3) is 56.0 Å². The molecule has 6 aromatic rings. The summed E-state index contributed by atoms with van der Waals surface area (Å²) in [4.78, 5) is 23.9. The molecule has 1 aromatic carbocycles. The van der Waals surface area contributed by atoms with Crippen molar-refractivity contribution in [2.24, 2.45) is 0 Å². The summed E-state index contributed by atoms with van der Waals surface area (Å²) < 4.78 is 20.6. The van der Waals surface area contributed by atoms with Crippen molar-refractivity contribution >= 4 is 21.9 Å². The molecule has 0 amide bonds. The van der Waals surface area contributed by atoms with E-state index in [1.54, 1.807) is 24.8 Å². The SMILES string of the molecule is Fc1cc(OCCN2CCCC2)cc(-c2nccc3[nH]c(-c4n[nH]c5cnc(-c6cccnc6)cc45)nc23)c1. The Morgan fingerprint density at radius 3 is 2.72 bits per heavy atom. The van der Waals surface area contributed by atoms with Crippen LogP contribution in [0.3, 0.4) is 0 Å². The largest absolute Gasteiger partial charge is 0.492 e. The molecule has 10 heteroatoms. The summed E-state index contributed by atoms with van der Waals surface area (Å²) in [7, 11) is 0. The zero-order chi connectivity index (χ0) is 26.2. The average molecular weight is 521 g/mol. The minimum Gasteiger partial charge on any atom is -0.492 e. The molecule has 9 nitrogen and oxygen atoms in total. The minimum absolute atomic E-state index is 0.382. The van der Waals surface area contributed by atoms with Crippen LogP contribution in [-0.4, -0.2) is 66.3 Å². The molecule has 1 aliphatic heterocycles. The molecule has 0 radical (unpaired) electrons. The summed E-state index contributed by atoms with van der Waals surface area (Å²) in [5.74, 6) is 0.673. The zero-order valence-electron chi connectivity index (χ0n) is 21.1. The number of nitrogens with one attached hydrogen (secondary N) is 2. The Bertz CT molecular complexity index is 1780. The van der Waals surface area contributed by atoms with Gasteiger partial charge in [0.2, 0.25) is 0 Å². The lowest BCUT2D eigenvalue weighted by Crippen LogP contribution is -2.25. The van der Waals surface area contributed by atoms with Gasteiger partial charge in [-0.3, -0.25) is 25.0 Å². The molecular weight excluding hydrogens is 495 g/mol. The number of nitrogens with zero attached hydrogens (tertiary/aromatic N) is 6. The second-order valence-electron chi connectivity index (χ2n) is 9.64. The molecular formula is C29H25FN8O. The molecule has 1 saturated heterocycles. The van der Waals surface area contributed by atoms with Crippen LogP contribution in [0, 0.1) is 5.82 Å². The molecule has 0 bridgehead atoms. The highest BCUT2D eigenvalue weighted by Crippen LogP contribution is 2.33. The van der Waals surface area contributed by atoms with E-state index >= 15 is 0 Å². The van der Waals surface area contributed by atoms with Crippen molar-refractivity contribution < 1.29 is 9.13 Å². The second-order valence-corrected chi connectivity index (χ2v) is 9.64. The summed E-state index contributed by atoms with van der Waals surface area (Å²) in [6, 6.07) is 12.3. The maximum absolute atomic E-state index is 14.7. The Morgan fingerprint density at radius 2 is 1.85 bits per heavy atom. The lowest BCUT2D eigenvalue weighted by atomic mass is 10.1. The van der Waals surface area contributed by atoms with E-state index in [0.717, 1.165) is 47.3 Å². The molecule has 6 heterocycles. The van der Waals surface area contributed by atoms with Crippen molar-refractivity contribution in [2.75, 3.05) is 26.2 Å². The molecule has 7 rings (SSSR count). The molecule has 1 fully saturated rings. The topological polar surface area (TPSA) is 108 Å². The van der Waals surface area contributed by atoms with Crippen LogP contribution in [0.1, 0.15) is 12.8 Å². The van der Waals surface area contributed by atoms with Crippen molar-refractivity contribution in [1.82, 2.24) is 40.0 Å². The number of H-pyrrole nitrogens is 2. The number of aromatic amines is 2. The van der Waals surface area contributed by atoms with Gasteiger partial charge in [-0.05, 0) is 62.3 Å². The van der Waals surface area contributed by atoms with E-state index in [2.05, 4.69) is 35.0 Å². The van der Waals surface area contributed by atoms with Gasteiger partial charge in [0, 0.05) is 47.7 Å². The highest BCUT2D eigenvalue weighted by atomic mass is 19.1. The van der Waals surface area contributed by atoms with Gasteiger partial charge in [-0.2, -0.15) is 5.10 Å². The Kier molecular flexibility index (Phi) is 5.93. The summed E-state index contributed by atoms with van der Waals surface area (Å²) in [5, 5.41) is 8.42. The number of hydrogen-bond acceptors (Lipinski definition) is 7. The summed E-state index contributed by atoms with van der Waals surface area (Å²) in [5.41, 5.74) is 5.71. The van der Waals surface area contributed by atoms with Gasteiger partial charge >= 0.3 is 0 Å². The van der Waals surface area contributed by atoms with Crippen molar-refractivity contribution in [1.29, 1.82) is 0 Å². The zero-order valence-corrected chi connectivity index (χ0v) is 21.1. The minimum atomic E-state index is -0.382. The molecule has 0 spiro atoms. The predicted molar refractivity (Wildman–Crippen MR) is 147 cm³/mol. The fourth-order valence-electron chi connectivity index (χ4n) is 5.11. The van der Waals surface area contributed by atoms with E-state index in [9.17, 15) is 4.39 Å². The third kappa shape index (κ3) is 4.59. The molecule has 39 heavy (non-hydrogen) atoms. The highest BCUT2D eigenvalue weighted by molar-refractivity contribution is 5.96. The Hall–Kier alpha value is -4.70. The van der Waals surface area contributed by atoms with Crippen LogP contribution in [0.5, 0.6) is 5.75 Å². The molecule has 0 atom stereocenters. The van der Waals surface area contributed by atoms with Crippen molar-refractivity contribution in [3.8, 4) is 39.8 Å². The van der Waals surface area contributed by atoms with Gasteiger partial charge < -0.3 is 9.72 Å². The third-order valence-corrected chi connectivity index (χ3v) is 7.05. The molecule has 1 aliphatic rings. The molecule has 0 aliphatic carbocycles. The fourth-order valence-corrected chi connectivity index (χ4v) is 5.11. The molecule has 0 unspecified atom stereocenters. The Balaban J connectivity index is 1.23. The number of hydrogen-bond donors (Lipinski definition) is 2. The average Bonchev–Trinajstić information content (AvgIpc) is 3.72. The number of ether oxygens (including phenoxy) is 1.